The molecule has 1 amide bonds. The Labute approximate surface area is 143 Å². The Morgan fingerprint density at radius 1 is 1.17 bits per heavy atom. The molecule has 3 rings (SSSR count). The molecule has 0 fully saturated rings. The minimum Gasteiger partial charge on any atom is -0.298 e. The predicted molar refractivity (Wildman–Crippen MR) is 95.0 cm³/mol. The maximum atomic E-state index is 12.4. The van der Waals surface area contributed by atoms with Gasteiger partial charge >= 0.3 is 0 Å². The summed E-state index contributed by atoms with van der Waals surface area (Å²) >= 11 is 1.38. The predicted octanol–water partition coefficient (Wildman–Crippen LogP) is 2.77. The summed E-state index contributed by atoms with van der Waals surface area (Å²) in [6.45, 7) is 1.99. The van der Waals surface area contributed by atoms with Crippen molar-refractivity contribution in [1.82, 2.24) is 9.71 Å². The van der Waals surface area contributed by atoms with Crippen molar-refractivity contribution in [2.45, 2.75) is 11.8 Å². The van der Waals surface area contributed by atoms with Crippen molar-refractivity contribution in [2.75, 3.05) is 12.4 Å². The van der Waals surface area contributed by atoms with Gasteiger partial charge in [0.1, 0.15) is 0 Å². The monoisotopic (exact) mass is 361 g/mol. The molecular formula is C16H15N3O3S2. The molecule has 8 heteroatoms. The first kappa shape index (κ1) is 16.6. The third-order valence-electron chi connectivity index (χ3n) is 3.44. The van der Waals surface area contributed by atoms with Gasteiger partial charge < -0.3 is 0 Å². The van der Waals surface area contributed by atoms with Gasteiger partial charge in [-0.3, -0.25) is 10.1 Å². The Morgan fingerprint density at radius 2 is 1.96 bits per heavy atom. The van der Waals surface area contributed by atoms with Gasteiger partial charge in [-0.25, -0.2) is 18.1 Å². The van der Waals surface area contributed by atoms with E-state index in [2.05, 4.69) is 15.0 Å². The smallest absolute Gasteiger partial charge is 0.257 e. The van der Waals surface area contributed by atoms with Crippen LogP contribution in [-0.4, -0.2) is 26.4 Å². The Hall–Kier alpha value is -2.29. The molecule has 0 atom stereocenters. The number of benzene rings is 2. The van der Waals surface area contributed by atoms with Crippen LogP contribution in [0.15, 0.2) is 47.4 Å². The number of aromatic nitrogens is 1. The van der Waals surface area contributed by atoms with Crippen molar-refractivity contribution in [3.05, 3.63) is 53.6 Å². The second kappa shape index (κ2) is 6.31. The van der Waals surface area contributed by atoms with E-state index >= 15 is 0 Å². The SMILES string of the molecule is CNS(=O)(=O)c1cccc(C(=O)Nc2nc3ccc(C)cc3s2)c1. The molecule has 0 saturated heterocycles. The zero-order valence-electron chi connectivity index (χ0n) is 13.0. The summed E-state index contributed by atoms with van der Waals surface area (Å²) in [7, 11) is -2.27. The van der Waals surface area contributed by atoms with Crippen LogP contribution < -0.4 is 10.0 Å². The average molecular weight is 361 g/mol. The third-order valence-corrected chi connectivity index (χ3v) is 5.79. The van der Waals surface area contributed by atoms with Crippen LogP contribution in [0.3, 0.4) is 0 Å². The molecular weight excluding hydrogens is 346 g/mol. The fourth-order valence-electron chi connectivity index (χ4n) is 2.18. The van der Waals surface area contributed by atoms with Gasteiger partial charge in [0.2, 0.25) is 10.0 Å². The number of nitrogens with zero attached hydrogens (tertiary/aromatic N) is 1. The van der Waals surface area contributed by atoms with Crippen LogP contribution >= 0.6 is 11.3 Å². The van der Waals surface area contributed by atoms with Gasteiger partial charge in [-0.05, 0) is 49.9 Å². The number of fused-ring (bicyclic) bond motifs is 1. The molecule has 0 aliphatic rings. The number of amides is 1. The quantitative estimate of drug-likeness (QED) is 0.748. The van der Waals surface area contributed by atoms with Gasteiger partial charge in [-0.2, -0.15) is 0 Å². The maximum absolute atomic E-state index is 12.4. The fourth-order valence-corrected chi connectivity index (χ4v) is 3.91. The zero-order chi connectivity index (χ0) is 17.3. The van der Waals surface area contributed by atoms with E-state index in [0.29, 0.717) is 5.13 Å². The molecule has 1 aromatic heterocycles. The lowest BCUT2D eigenvalue weighted by Gasteiger charge is -2.05. The highest BCUT2D eigenvalue weighted by molar-refractivity contribution is 7.89. The van der Waals surface area contributed by atoms with Gasteiger partial charge in [0.05, 0.1) is 15.1 Å². The van der Waals surface area contributed by atoms with Crippen molar-refractivity contribution in [3.63, 3.8) is 0 Å². The topological polar surface area (TPSA) is 88.2 Å². The molecule has 0 bridgehead atoms. The van der Waals surface area contributed by atoms with E-state index < -0.39 is 15.9 Å². The van der Waals surface area contributed by atoms with Gasteiger partial charge in [-0.1, -0.05) is 23.5 Å². The third kappa shape index (κ3) is 3.30. The molecule has 0 aliphatic carbocycles. The Kier molecular flexibility index (Phi) is 4.35. The van der Waals surface area contributed by atoms with Crippen molar-refractivity contribution < 1.29 is 13.2 Å². The number of thiazole rings is 1. The lowest BCUT2D eigenvalue weighted by Crippen LogP contribution is -2.19. The molecule has 1 heterocycles. The van der Waals surface area contributed by atoms with Crippen LogP contribution in [0.1, 0.15) is 15.9 Å². The Morgan fingerprint density at radius 3 is 2.71 bits per heavy atom. The number of nitrogens with one attached hydrogen (secondary N) is 2. The number of rotatable bonds is 4. The zero-order valence-corrected chi connectivity index (χ0v) is 14.7. The van der Waals surface area contributed by atoms with E-state index in [9.17, 15) is 13.2 Å². The van der Waals surface area contributed by atoms with E-state index in [-0.39, 0.29) is 10.5 Å². The van der Waals surface area contributed by atoms with Gasteiger partial charge in [0.25, 0.3) is 5.91 Å². The van der Waals surface area contributed by atoms with E-state index in [1.54, 1.807) is 6.07 Å². The van der Waals surface area contributed by atoms with Gasteiger partial charge in [0.15, 0.2) is 5.13 Å². The van der Waals surface area contributed by atoms with Crippen molar-refractivity contribution in [1.29, 1.82) is 0 Å². The summed E-state index contributed by atoms with van der Waals surface area (Å²) in [6, 6.07) is 11.7. The molecule has 24 heavy (non-hydrogen) atoms. The number of hydrogen-bond acceptors (Lipinski definition) is 5. The average Bonchev–Trinajstić information content (AvgIpc) is 2.96. The Bertz CT molecular complexity index is 1030. The molecule has 2 N–H and O–H groups in total. The van der Waals surface area contributed by atoms with Crippen LogP contribution in [0.5, 0.6) is 0 Å². The number of carbonyl (C=O) groups excluding carboxylic acids is 1. The minimum absolute atomic E-state index is 0.0394. The molecule has 124 valence electrons. The minimum atomic E-state index is -3.60. The summed E-state index contributed by atoms with van der Waals surface area (Å²) in [5, 5.41) is 3.19. The highest BCUT2D eigenvalue weighted by Crippen LogP contribution is 2.27. The number of aryl methyl sites for hydroxylation is 1. The number of hydrogen-bond donors (Lipinski definition) is 2. The first-order valence-electron chi connectivity index (χ1n) is 7.11. The largest absolute Gasteiger partial charge is 0.298 e. The summed E-state index contributed by atoms with van der Waals surface area (Å²) in [4.78, 5) is 16.8. The summed E-state index contributed by atoms with van der Waals surface area (Å²) < 4.78 is 26.9. The van der Waals surface area contributed by atoms with Crippen LogP contribution in [0.2, 0.25) is 0 Å². The van der Waals surface area contributed by atoms with E-state index in [0.717, 1.165) is 15.8 Å². The molecule has 0 radical (unpaired) electrons. The van der Waals surface area contributed by atoms with Crippen LogP contribution in [0.25, 0.3) is 10.2 Å². The van der Waals surface area contributed by atoms with Crippen LogP contribution in [-0.2, 0) is 10.0 Å². The summed E-state index contributed by atoms with van der Waals surface area (Å²) in [6.07, 6.45) is 0. The van der Waals surface area contributed by atoms with E-state index in [4.69, 9.17) is 0 Å². The fraction of sp³-hybridized carbons (Fsp3) is 0.125. The molecule has 2 aromatic carbocycles. The van der Waals surface area contributed by atoms with Crippen molar-refractivity contribution in [3.8, 4) is 0 Å². The Balaban J connectivity index is 1.87. The second-order valence-corrected chi connectivity index (χ2v) is 8.10. The number of sulfonamides is 1. The highest BCUT2D eigenvalue weighted by Gasteiger charge is 2.15. The molecule has 0 unspecified atom stereocenters. The number of carbonyl (C=O) groups is 1. The normalized spacial score (nSPS) is 11.6. The second-order valence-electron chi connectivity index (χ2n) is 5.18. The summed E-state index contributed by atoms with van der Waals surface area (Å²) in [5.41, 5.74) is 2.18. The van der Waals surface area contributed by atoms with Gasteiger partial charge in [-0.15, -0.1) is 0 Å². The lowest BCUT2D eigenvalue weighted by molar-refractivity contribution is 0.102. The maximum Gasteiger partial charge on any atom is 0.257 e. The molecule has 0 saturated carbocycles. The molecule has 0 spiro atoms. The molecule has 6 nitrogen and oxygen atoms in total. The van der Waals surface area contributed by atoms with Crippen LogP contribution in [0.4, 0.5) is 5.13 Å². The number of anilines is 1. The molecule has 0 aliphatic heterocycles. The summed E-state index contributed by atoms with van der Waals surface area (Å²) in [5.74, 6) is -0.404. The van der Waals surface area contributed by atoms with Crippen LogP contribution in [0, 0.1) is 6.92 Å². The first-order valence-corrected chi connectivity index (χ1v) is 9.41. The van der Waals surface area contributed by atoms with E-state index in [1.807, 2.05) is 25.1 Å². The van der Waals surface area contributed by atoms with E-state index in [1.165, 1.54) is 36.6 Å². The van der Waals surface area contributed by atoms with Crippen molar-refractivity contribution >= 4 is 42.6 Å². The molecule has 3 aromatic rings. The standard InChI is InChI=1S/C16H15N3O3S2/c1-10-6-7-13-14(8-10)23-16(18-13)19-15(20)11-4-3-5-12(9-11)24(21,22)17-2/h3-9,17H,1-2H3,(H,18,19,20). The first-order chi connectivity index (χ1) is 11.4. The highest BCUT2D eigenvalue weighted by atomic mass is 32.2. The van der Waals surface area contributed by atoms with Crippen molar-refractivity contribution in [2.24, 2.45) is 0 Å². The lowest BCUT2D eigenvalue weighted by atomic mass is 10.2. The van der Waals surface area contributed by atoms with Gasteiger partial charge in [0, 0.05) is 5.56 Å².